The topological polar surface area (TPSA) is 98.8 Å². The van der Waals surface area contributed by atoms with Gasteiger partial charge in [0.15, 0.2) is 0 Å². The second kappa shape index (κ2) is 10.3. The van der Waals surface area contributed by atoms with E-state index in [1.807, 2.05) is 26.8 Å². The number of benzene rings is 3. The molecule has 35 heavy (non-hydrogen) atoms. The maximum absolute atomic E-state index is 13.3. The number of sulfonamides is 1. The van der Waals surface area contributed by atoms with E-state index in [9.17, 15) is 18.0 Å². The third-order valence-corrected chi connectivity index (χ3v) is 6.99. The fourth-order valence-corrected chi connectivity index (χ4v) is 4.74. The number of esters is 2. The van der Waals surface area contributed by atoms with Crippen LogP contribution in [0.2, 0.25) is 0 Å². The lowest BCUT2D eigenvalue weighted by Gasteiger charge is -2.21. The number of rotatable bonds is 7. The highest BCUT2D eigenvalue weighted by molar-refractivity contribution is 7.92. The zero-order valence-corrected chi connectivity index (χ0v) is 21.2. The summed E-state index contributed by atoms with van der Waals surface area (Å²) in [6, 6.07) is 18.1. The van der Waals surface area contributed by atoms with Crippen molar-refractivity contribution in [1.29, 1.82) is 0 Å². The number of anilines is 1. The van der Waals surface area contributed by atoms with Crippen molar-refractivity contribution >= 4 is 27.6 Å². The molecule has 0 aliphatic rings. The molecule has 0 fully saturated rings. The highest BCUT2D eigenvalue weighted by Gasteiger charge is 2.23. The Hall–Kier alpha value is -3.65. The van der Waals surface area contributed by atoms with Gasteiger partial charge in [-0.3, -0.25) is 4.72 Å². The average Bonchev–Trinajstić information content (AvgIpc) is 2.82. The molecule has 0 saturated heterocycles. The summed E-state index contributed by atoms with van der Waals surface area (Å²) in [5.41, 5.74) is 2.52. The minimum absolute atomic E-state index is 0.0475. The van der Waals surface area contributed by atoms with E-state index in [2.05, 4.69) is 9.46 Å². The number of ether oxygens (including phenoxy) is 2. The predicted molar refractivity (Wildman–Crippen MR) is 134 cm³/mol. The fourth-order valence-electron chi connectivity index (χ4n) is 3.39. The number of carbonyl (C=O) groups excluding carboxylic acids is 2. The fraction of sp³-hybridized carbons (Fsp3) is 0.259. The number of hydrogen-bond donors (Lipinski definition) is 1. The molecule has 3 aromatic rings. The highest BCUT2D eigenvalue weighted by atomic mass is 32.2. The van der Waals surface area contributed by atoms with Crippen LogP contribution in [0.25, 0.3) is 0 Å². The number of para-hydroxylation sites is 1. The van der Waals surface area contributed by atoms with Gasteiger partial charge in [0.2, 0.25) is 0 Å². The first-order chi connectivity index (χ1) is 16.4. The number of methoxy groups -OCH3 is 1. The molecule has 0 aliphatic heterocycles. The van der Waals surface area contributed by atoms with E-state index in [-0.39, 0.29) is 28.2 Å². The summed E-state index contributed by atoms with van der Waals surface area (Å²) >= 11 is 0. The van der Waals surface area contributed by atoms with Gasteiger partial charge in [0.1, 0.15) is 6.61 Å². The Morgan fingerprint density at radius 3 is 2.20 bits per heavy atom. The monoisotopic (exact) mass is 495 g/mol. The third kappa shape index (κ3) is 6.27. The Morgan fingerprint density at radius 1 is 0.914 bits per heavy atom. The highest BCUT2D eigenvalue weighted by Crippen LogP contribution is 2.28. The molecule has 8 heteroatoms. The van der Waals surface area contributed by atoms with Gasteiger partial charge in [0.05, 0.1) is 28.8 Å². The van der Waals surface area contributed by atoms with Crippen LogP contribution in [0.4, 0.5) is 5.69 Å². The number of carbonyl (C=O) groups is 2. The molecule has 0 heterocycles. The molecule has 0 bridgehead atoms. The quantitative estimate of drug-likeness (QED) is 0.450. The zero-order valence-electron chi connectivity index (χ0n) is 20.4. The van der Waals surface area contributed by atoms with E-state index in [0.29, 0.717) is 16.7 Å². The molecule has 0 radical (unpaired) electrons. The van der Waals surface area contributed by atoms with E-state index in [1.54, 1.807) is 55.5 Å². The summed E-state index contributed by atoms with van der Waals surface area (Å²) in [7, 11) is -2.67. The smallest absolute Gasteiger partial charge is 0.340 e. The zero-order chi connectivity index (χ0) is 25.8. The molecule has 1 N–H and O–H groups in total. The maximum atomic E-state index is 13.3. The van der Waals surface area contributed by atoms with Crippen molar-refractivity contribution in [1.82, 2.24) is 0 Å². The van der Waals surface area contributed by atoms with Crippen molar-refractivity contribution in [3.8, 4) is 0 Å². The van der Waals surface area contributed by atoms with Crippen molar-refractivity contribution in [3.63, 3.8) is 0 Å². The second-order valence-corrected chi connectivity index (χ2v) is 10.8. The molecular weight excluding hydrogens is 466 g/mol. The van der Waals surface area contributed by atoms with Gasteiger partial charge in [-0.15, -0.1) is 0 Å². The first-order valence-corrected chi connectivity index (χ1v) is 12.5. The summed E-state index contributed by atoms with van der Waals surface area (Å²) in [6.45, 7) is 7.71. The molecule has 0 amide bonds. The van der Waals surface area contributed by atoms with Crippen LogP contribution in [0.1, 0.15) is 58.2 Å². The molecule has 0 unspecified atom stereocenters. The van der Waals surface area contributed by atoms with Crippen molar-refractivity contribution in [2.45, 2.75) is 44.6 Å². The van der Waals surface area contributed by atoms with E-state index in [0.717, 1.165) is 5.56 Å². The van der Waals surface area contributed by atoms with Crippen LogP contribution < -0.4 is 4.72 Å². The van der Waals surface area contributed by atoms with Crippen molar-refractivity contribution < 1.29 is 27.5 Å². The van der Waals surface area contributed by atoms with Crippen LogP contribution in [0, 0.1) is 6.92 Å². The Morgan fingerprint density at radius 2 is 1.57 bits per heavy atom. The van der Waals surface area contributed by atoms with Crippen LogP contribution in [-0.2, 0) is 31.5 Å². The lowest BCUT2D eigenvalue weighted by atomic mass is 9.87. The normalized spacial score (nSPS) is 11.6. The average molecular weight is 496 g/mol. The molecular formula is C27H29NO6S. The van der Waals surface area contributed by atoms with E-state index in [4.69, 9.17) is 4.74 Å². The van der Waals surface area contributed by atoms with Crippen LogP contribution in [0.3, 0.4) is 0 Å². The molecule has 0 aliphatic carbocycles. The summed E-state index contributed by atoms with van der Waals surface area (Å²) in [6.07, 6.45) is 0. The molecule has 0 saturated carbocycles. The summed E-state index contributed by atoms with van der Waals surface area (Å²) in [5.74, 6) is -1.14. The first-order valence-electron chi connectivity index (χ1n) is 11.0. The van der Waals surface area contributed by atoms with Crippen molar-refractivity contribution in [2.24, 2.45) is 0 Å². The second-order valence-electron chi connectivity index (χ2n) is 9.15. The van der Waals surface area contributed by atoms with Crippen LogP contribution in [0.5, 0.6) is 0 Å². The van der Waals surface area contributed by atoms with Crippen molar-refractivity contribution in [2.75, 3.05) is 11.8 Å². The Kier molecular flexibility index (Phi) is 7.65. The summed E-state index contributed by atoms with van der Waals surface area (Å²) in [5, 5.41) is 0. The van der Waals surface area contributed by atoms with Gasteiger partial charge < -0.3 is 9.47 Å². The van der Waals surface area contributed by atoms with E-state index < -0.39 is 22.0 Å². The van der Waals surface area contributed by atoms with Crippen LogP contribution in [-0.4, -0.2) is 27.5 Å². The molecule has 3 rings (SSSR count). The summed E-state index contributed by atoms with van der Waals surface area (Å²) < 4.78 is 39.1. The lowest BCUT2D eigenvalue weighted by molar-refractivity contribution is 0.0472. The van der Waals surface area contributed by atoms with Crippen LogP contribution >= 0.6 is 0 Å². The Balaban J connectivity index is 1.80. The SMILES string of the molecule is COC(=O)c1ccc(COC(=O)c2ccccc2NS(=O)(=O)c2cc(C(C)(C)C)ccc2C)cc1. The van der Waals surface area contributed by atoms with Crippen LogP contribution in [0.15, 0.2) is 71.6 Å². The molecule has 0 spiro atoms. The standard InChI is InChI=1S/C27H29NO6S/c1-18-10-15-21(27(2,3)4)16-24(18)35(31,32)28-23-9-7-6-8-22(23)26(30)34-17-19-11-13-20(14-12-19)25(29)33-5/h6-16,28H,17H2,1-5H3. The lowest BCUT2D eigenvalue weighted by Crippen LogP contribution is -2.19. The largest absolute Gasteiger partial charge is 0.465 e. The number of nitrogens with one attached hydrogen (secondary N) is 1. The van der Waals surface area contributed by atoms with Crippen molar-refractivity contribution in [3.05, 3.63) is 94.5 Å². The van der Waals surface area contributed by atoms with Gasteiger partial charge in [0.25, 0.3) is 10.0 Å². The third-order valence-electron chi connectivity index (χ3n) is 5.48. The van der Waals surface area contributed by atoms with Gasteiger partial charge in [-0.05, 0) is 59.4 Å². The molecule has 7 nitrogen and oxygen atoms in total. The van der Waals surface area contributed by atoms with Gasteiger partial charge in [-0.25, -0.2) is 18.0 Å². The van der Waals surface area contributed by atoms with Gasteiger partial charge in [-0.1, -0.05) is 57.2 Å². The predicted octanol–water partition coefficient (Wildman–Crippen LogP) is 5.24. The van der Waals surface area contributed by atoms with Gasteiger partial charge in [0, 0.05) is 0 Å². The maximum Gasteiger partial charge on any atom is 0.340 e. The van der Waals surface area contributed by atoms with E-state index in [1.165, 1.54) is 19.2 Å². The first kappa shape index (κ1) is 26.0. The molecule has 0 atom stereocenters. The van der Waals surface area contributed by atoms with Gasteiger partial charge >= 0.3 is 11.9 Å². The minimum Gasteiger partial charge on any atom is -0.465 e. The summed E-state index contributed by atoms with van der Waals surface area (Å²) in [4.78, 5) is 24.5. The number of hydrogen-bond acceptors (Lipinski definition) is 6. The Labute approximate surface area is 206 Å². The molecule has 184 valence electrons. The minimum atomic E-state index is -3.97. The van der Waals surface area contributed by atoms with Gasteiger partial charge in [-0.2, -0.15) is 0 Å². The van der Waals surface area contributed by atoms with E-state index >= 15 is 0 Å². The number of aryl methyl sites for hydroxylation is 1. The molecule has 3 aromatic carbocycles. The molecule has 0 aromatic heterocycles. The Bertz CT molecular complexity index is 1340.